The Morgan fingerprint density at radius 1 is 1.29 bits per heavy atom. The molecule has 1 unspecified atom stereocenters. The van der Waals surface area contributed by atoms with Gasteiger partial charge in [-0.25, -0.2) is 0 Å². The first-order valence-electron chi connectivity index (χ1n) is 7.60. The molecule has 1 atom stereocenters. The Labute approximate surface area is 125 Å². The van der Waals surface area contributed by atoms with Crippen LogP contribution in [0, 0.1) is 6.92 Å². The Morgan fingerprint density at radius 3 is 2.52 bits per heavy atom. The second kappa shape index (κ2) is 7.00. The normalized spacial score (nSPS) is 18.0. The van der Waals surface area contributed by atoms with E-state index in [-0.39, 0.29) is 5.91 Å². The Morgan fingerprint density at radius 2 is 1.95 bits per heavy atom. The van der Waals surface area contributed by atoms with Crippen LogP contribution in [0.5, 0.6) is 0 Å². The minimum absolute atomic E-state index is 0.181. The predicted molar refractivity (Wildman–Crippen MR) is 78.6 cm³/mol. The van der Waals surface area contributed by atoms with Gasteiger partial charge in [0.2, 0.25) is 0 Å². The van der Waals surface area contributed by atoms with Crippen molar-refractivity contribution in [1.82, 2.24) is 24.6 Å². The Hall–Kier alpha value is -1.47. The minimum atomic E-state index is -0.910. The molecule has 2 rings (SSSR count). The van der Waals surface area contributed by atoms with Crippen LogP contribution in [0.15, 0.2) is 0 Å². The number of aryl methyl sites for hydroxylation is 1. The molecular formula is C14H25N5O2. The van der Waals surface area contributed by atoms with Crippen LogP contribution in [0.4, 0.5) is 0 Å². The number of nitrogens with zero attached hydrogens (tertiary/aromatic N) is 5. The van der Waals surface area contributed by atoms with E-state index in [2.05, 4.69) is 26.6 Å². The Bertz CT molecular complexity index is 478. The molecule has 1 amide bonds. The third-order valence-electron chi connectivity index (χ3n) is 3.87. The molecule has 1 aromatic rings. The minimum Gasteiger partial charge on any atom is -0.384 e. The highest BCUT2D eigenvalue weighted by atomic mass is 16.3. The molecule has 0 spiro atoms. The van der Waals surface area contributed by atoms with Gasteiger partial charge in [0.15, 0.2) is 0 Å². The molecule has 118 valence electrons. The zero-order valence-corrected chi connectivity index (χ0v) is 13.1. The Kier molecular flexibility index (Phi) is 5.30. The zero-order chi connectivity index (χ0) is 15.4. The predicted octanol–water partition coefficient (Wildman–Crippen LogP) is 0.0215. The van der Waals surface area contributed by atoms with Crippen LogP contribution in [-0.2, 0) is 17.9 Å². The number of aromatic nitrogens is 3. The highest BCUT2D eigenvalue weighted by Gasteiger charge is 2.24. The van der Waals surface area contributed by atoms with Gasteiger partial charge in [-0.15, -0.1) is 10.2 Å². The molecule has 1 saturated heterocycles. The lowest BCUT2D eigenvalue weighted by Gasteiger charge is -2.35. The van der Waals surface area contributed by atoms with Crippen molar-refractivity contribution < 1.29 is 9.90 Å². The molecule has 7 nitrogen and oxygen atoms in total. The number of aliphatic hydroxyl groups excluding tert-OH is 1. The molecule has 2 heterocycles. The standard InChI is InChI=1S/C14H25N5O2/c1-4-5-19-12(3)15-16-13(19)10-17-6-8-18(9-7-17)14(21)11(2)20/h11,20H,4-10H2,1-3H3. The summed E-state index contributed by atoms with van der Waals surface area (Å²) in [4.78, 5) is 15.7. The third kappa shape index (κ3) is 3.79. The van der Waals surface area contributed by atoms with Crippen molar-refractivity contribution in [2.24, 2.45) is 0 Å². The molecule has 0 radical (unpaired) electrons. The van der Waals surface area contributed by atoms with Crippen molar-refractivity contribution in [1.29, 1.82) is 0 Å². The highest BCUT2D eigenvalue weighted by Crippen LogP contribution is 2.10. The monoisotopic (exact) mass is 295 g/mol. The van der Waals surface area contributed by atoms with Crippen LogP contribution in [0.3, 0.4) is 0 Å². The number of hydrogen-bond donors (Lipinski definition) is 1. The molecule has 21 heavy (non-hydrogen) atoms. The first-order chi connectivity index (χ1) is 10.0. The van der Waals surface area contributed by atoms with Crippen molar-refractivity contribution in [2.75, 3.05) is 26.2 Å². The number of aliphatic hydroxyl groups is 1. The molecular weight excluding hydrogens is 270 g/mol. The molecule has 1 aromatic heterocycles. The van der Waals surface area contributed by atoms with Crippen LogP contribution < -0.4 is 0 Å². The van der Waals surface area contributed by atoms with E-state index in [0.29, 0.717) is 13.1 Å². The van der Waals surface area contributed by atoms with Gasteiger partial charge in [-0.3, -0.25) is 9.69 Å². The summed E-state index contributed by atoms with van der Waals surface area (Å²) in [6.45, 7) is 10.3. The number of rotatable bonds is 5. The number of hydrogen-bond acceptors (Lipinski definition) is 5. The fourth-order valence-electron chi connectivity index (χ4n) is 2.65. The SMILES string of the molecule is CCCn1c(C)nnc1CN1CCN(C(=O)C(C)O)CC1. The molecule has 0 aromatic carbocycles. The average molecular weight is 295 g/mol. The van der Waals surface area contributed by atoms with E-state index in [4.69, 9.17) is 0 Å². The topological polar surface area (TPSA) is 74.5 Å². The summed E-state index contributed by atoms with van der Waals surface area (Å²) in [5, 5.41) is 17.8. The molecule has 1 aliphatic heterocycles. The largest absolute Gasteiger partial charge is 0.384 e. The molecule has 1 N–H and O–H groups in total. The lowest BCUT2D eigenvalue weighted by atomic mass is 10.2. The first kappa shape index (κ1) is 15.9. The zero-order valence-electron chi connectivity index (χ0n) is 13.1. The van der Waals surface area contributed by atoms with E-state index in [1.165, 1.54) is 6.92 Å². The van der Waals surface area contributed by atoms with Crippen molar-refractivity contribution in [3.05, 3.63) is 11.6 Å². The number of amides is 1. The van der Waals surface area contributed by atoms with Gasteiger partial charge in [-0.05, 0) is 20.3 Å². The van der Waals surface area contributed by atoms with E-state index < -0.39 is 6.10 Å². The maximum absolute atomic E-state index is 11.7. The van der Waals surface area contributed by atoms with Crippen LogP contribution in [0.1, 0.15) is 31.9 Å². The van der Waals surface area contributed by atoms with Gasteiger partial charge in [-0.1, -0.05) is 6.92 Å². The second-order valence-corrected chi connectivity index (χ2v) is 5.59. The maximum atomic E-state index is 11.7. The van der Waals surface area contributed by atoms with Gasteiger partial charge in [0, 0.05) is 32.7 Å². The van der Waals surface area contributed by atoms with Crippen molar-refractivity contribution >= 4 is 5.91 Å². The van der Waals surface area contributed by atoms with E-state index in [9.17, 15) is 9.90 Å². The molecule has 0 saturated carbocycles. The van der Waals surface area contributed by atoms with E-state index in [0.717, 1.165) is 44.2 Å². The molecule has 0 aliphatic carbocycles. The first-order valence-corrected chi connectivity index (χ1v) is 7.60. The van der Waals surface area contributed by atoms with E-state index in [1.54, 1.807) is 4.90 Å². The summed E-state index contributed by atoms with van der Waals surface area (Å²) >= 11 is 0. The summed E-state index contributed by atoms with van der Waals surface area (Å²) in [7, 11) is 0. The lowest BCUT2D eigenvalue weighted by molar-refractivity contribution is -0.141. The molecule has 1 fully saturated rings. The molecule has 7 heteroatoms. The van der Waals surface area contributed by atoms with Crippen molar-refractivity contribution in [2.45, 2.75) is 46.4 Å². The summed E-state index contributed by atoms with van der Waals surface area (Å²) in [6.07, 6.45) is 0.148. The third-order valence-corrected chi connectivity index (χ3v) is 3.87. The van der Waals surface area contributed by atoms with Gasteiger partial charge in [-0.2, -0.15) is 0 Å². The quantitative estimate of drug-likeness (QED) is 0.829. The van der Waals surface area contributed by atoms with E-state index >= 15 is 0 Å². The molecule has 1 aliphatic rings. The van der Waals surface area contributed by atoms with Crippen LogP contribution in [-0.4, -0.2) is 67.9 Å². The fourth-order valence-corrected chi connectivity index (χ4v) is 2.65. The summed E-state index contributed by atoms with van der Waals surface area (Å²) in [5.74, 6) is 1.76. The van der Waals surface area contributed by atoms with Crippen molar-refractivity contribution in [3.8, 4) is 0 Å². The second-order valence-electron chi connectivity index (χ2n) is 5.59. The van der Waals surface area contributed by atoms with Crippen molar-refractivity contribution in [3.63, 3.8) is 0 Å². The van der Waals surface area contributed by atoms with E-state index in [1.807, 2.05) is 6.92 Å². The lowest BCUT2D eigenvalue weighted by Crippen LogP contribution is -2.50. The fraction of sp³-hybridized carbons (Fsp3) is 0.786. The Balaban J connectivity index is 1.90. The smallest absolute Gasteiger partial charge is 0.251 e. The van der Waals surface area contributed by atoms with Gasteiger partial charge in [0.05, 0.1) is 6.54 Å². The van der Waals surface area contributed by atoms with Crippen LogP contribution in [0.2, 0.25) is 0 Å². The van der Waals surface area contributed by atoms with Crippen LogP contribution >= 0.6 is 0 Å². The highest BCUT2D eigenvalue weighted by molar-refractivity contribution is 5.80. The number of carbonyl (C=O) groups is 1. The van der Waals surface area contributed by atoms with Gasteiger partial charge >= 0.3 is 0 Å². The maximum Gasteiger partial charge on any atom is 0.251 e. The average Bonchev–Trinajstić information content (AvgIpc) is 2.81. The van der Waals surface area contributed by atoms with Gasteiger partial charge in [0.1, 0.15) is 17.8 Å². The van der Waals surface area contributed by atoms with Gasteiger partial charge < -0.3 is 14.6 Å². The number of piperazine rings is 1. The number of carbonyl (C=O) groups excluding carboxylic acids is 1. The molecule has 0 bridgehead atoms. The summed E-state index contributed by atoms with van der Waals surface area (Å²) in [5.41, 5.74) is 0. The summed E-state index contributed by atoms with van der Waals surface area (Å²) < 4.78 is 2.16. The van der Waals surface area contributed by atoms with Crippen LogP contribution in [0.25, 0.3) is 0 Å². The summed E-state index contributed by atoms with van der Waals surface area (Å²) in [6, 6.07) is 0. The van der Waals surface area contributed by atoms with Gasteiger partial charge in [0.25, 0.3) is 5.91 Å².